The molecule has 16 heavy (non-hydrogen) atoms. The predicted octanol–water partition coefficient (Wildman–Crippen LogP) is 0.839. The molecule has 90 valence electrons. The van der Waals surface area contributed by atoms with E-state index in [0.29, 0.717) is 38.4 Å². The number of nitrogens with zero attached hydrogens (tertiary/aromatic N) is 2. The molecular weight excluding hydrogens is 228 g/mol. The van der Waals surface area contributed by atoms with Crippen LogP contribution in [0.3, 0.4) is 0 Å². The molecule has 2 rings (SSSR count). The highest BCUT2D eigenvalue weighted by molar-refractivity contribution is 6.17. The van der Waals surface area contributed by atoms with Gasteiger partial charge >= 0.3 is 0 Å². The smallest absolute Gasteiger partial charge is 0.223 e. The first-order valence-corrected chi connectivity index (χ1v) is 6.39. The van der Waals surface area contributed by atoms with Crippen LogP contribution in [0.25, 0.3) is 0 Å². The van der Waals surface area contributed by atoms with Crippen molar-refractivity contribution < 1.29 is 9.59 Å². The molecule has 4 nitrogen and oxygen atoms in total. The van der Waals surface area contributed by atoms with Gasteiger partial charge in [-0.25, -0.2) is 0 Å². The fourth-order valence-corrected chi connectivity index (χ4v) is 2.60. The lowest BCUT2D eigenvalue weighted by atomic mass is 10.1. The lowest BCUT2D eigenvalue weighted by Gasteiger charge is -2.37. The van der Waals surface area contributed by atoms with Crippen molar-refractivity contribution in [2.45, 2.75) is 31.7 Å². The van der Waals surface area contributed by atoms with Gasteiger partial charge in [0.1, 0.15) is 0 Å². The SMILES string of the molecule is O=C(CCCCl)N1CCN2C(=O)CCC2C1. The average molecular weight is 245 g/mol. The minimum Gasteiger partial charge on any atom is -0.339 e. The van der Waals surface area contributed by atoms with Crippen molar-refractivity contribution in [3.63, 3.8) is 0 Å². The molecule has 0 radical (unpaired) electrons. The Balaban J connectivity index is 1.86. The van der Waals surface area contributed by atoms with Gasteiger partial charge in [-0.2, -0.15) is 0 Å². The van der Waals surface area contributed by atoms with Gasteiger partial charge in [-0.3, -0.25) is 9.59 Å². The molecular formula is C11H17ClN2O2. The van der Waals surface area contributed by atoms with E-state index >= 15 is 0 Å². The van der Waals surface area contributed by atoms with E-state index in [2.05, 4.69) is 0 Å². The van der Waals surface area contributed by atoms with Gasteiger partial charge in [0.25, 0.3) is 0 Å². The molecule has 0 spiro atoms. The fourth-order valence-electron chi connectivity index (χ4n) is 2.47. The summed E-state index contributed by atoms with van der Waals surface area (Å²) in [7, 11) is 0. The maximum atomic E-state index is 11.8. The summed E-state index contributed by atoms with van der Waals surface area (Å²) < 4.78 is 0. The Morgan fingerprint density at radius 1 is 1.44 bits per heavy atom. The molecule has 0 saturated carbocycles. The van der Waals surface area contributed by atoms with E-state index in [0.717, 1.165) is 12.8 Å². The first-order chi connectivity index (χ1) is 7.72. The Hall–Kier alpha value is -0.770. The zero-order valence-electron chi connectivity index (χ0n) is 9.32. The number of piperazine rings is 1. The van der Waals surface area contributed by atoms with Crippen molar-refractivity contribution in [2.24, 2.45) is 0 Å². The Morgan fingerprint density at radius 2 is 2.25 bits per heavy atom. The van der Waals surface area contributed by atoms with E-state index < -0.39 is 0 Å². The number of carbonyl (C=O) groups excluding carboxylic acids is 2. The number of halogens is 1. The minimum atomic E-state index is 0.180. The molecule has 0 aromatic carbocycles. The fraction of sp³-hybridized carbons (Fsp3) is 0.818. The summed E-state index contributed by atoms with van der Waals surface area (Å²) >= 11 is 5.57. The van der Waals surface area contributed by atoms with Crippen molar-refractivity contribution in [2.75, 3.05) is 25.5 Å². The Bertz CT molecular complexity index is 296. The van der Waals surface area contributed by atoms with E-state index in [1.54, 1.807) is 0 Å². The van der Waals surface area contributed by atoms with Gasteiger partial charge in [-0.1, -0.05) is 0 Å². The van der Waals surface area contributed by atoms with E-state index in [1.807, 2.05) is 9.80 Å². The highest BCUT2D eigenvalue weighted by atomic mass is 35.5. The van der Waals surface area contributed by atoms with Crippen LogP contribution in [0.4, 0.5) is 0 Å². The number of rotatable bonds is 3. The van der Waals surface area contributed by atoms with Crippen LogP contribution in [0.5, 0.6) is 0 Å². The monoisotopic (exact) mass is 244 g/mol. The second-order valence-corrected chi connectivity index (χ2v) is 4.79. The predicted molar refractivity (Wildman–Crippen MR) is 61.3 cm³/mol. The third-order valence-corrected chi connectivity index (χ3v) is 3.64. The van der Waals surface area contributed by atoms with Crippen LogP contribution in [-0.4, -0.2) is 53.2 Å². The zero-order valence-corrected chi connectivity index (χ0v) is 10.1. The van der Waals surface area contributed by atoms with Crippen LogP contribution in [0.2, 0.25) is 0 Å². The normalized spacial score (nSPS) is 24.8. The third-order valence-electron chi connectivity index (χ3n) is 3.37. The summed E-state index contributed by atoms with van der Waals surface area (Å²) in [5, 5.41) is 0. The number of fused-ring (bicyclic) bond motifs is 1. The molecule has 0 aromatic rings. The summed E-state index contributed by atoms with van der Waals surface area (Å²) in [4.78, 5) is 27.1. The molecule has 2 fully saturated rings. The number of amides is 2. The molecule has 0 aliphatic carbocycles. The molecule has 0 bridgehead atoms. The summed E-state index contributed by atoms with van der Waals surface area (Å²) in [6.45, 7) is 2.10. The number of hydrogen-bond donors (Lipinski definition) is 0. The van der Waals surface area contributed by atoms with E-state index in [9.17, 15) is 9.59 Å². The summed E-state index contributed by atoms with van der Waals surface area (Å²) in [6, 6.07) is 0.265. The zero-order chi connectivity index (χ0) is 11.5. The summed E-state index contributed by atoms with van der Waals surface area (Å²) in [5.41, 5.74) is 0. The highest BCUT2D eigenvalue weighted by Gasteiger charge is 2.36. The average Bonchev–Trinajstić information content (AvgIpc) is 2.67. The number of alkyl halides is 1. The highest BCUT2D eigenvalue weighted by Crippen LogP contribution is 2.23. The third kappa shape index (κ3) is 2.32. The molecule has 0 aromatic heterocycles. The van der Waals surface area contributed by atoms with Crippen molar-refractivity contribution in [1.82, 2.24) is 9.80 Å². The minimum absolute atomic E-state index is 0.180. The molecule has 5 heteroatoms. The molecule has 2 heterocycles. The van der Waals surface area contributed by atoms with Crippen LogP contribution in [-0.2, 0) is 9.59 Å². The number of carbonyl (C=O) groups is 2. The van der Waals surface area contributed by atoms with Crippen LogP contribution in [0.15, 0.2) is 0 Å². The van der Waals surface area contributed by atoms with E-state index in [1.165, 1.54) is 0 Å². The van der Waals surface area contributed by atoms with Gasteiger partial charge < -0.3 is 9.80 Å². The second kappa shape index (κ2) is 5.04. The molecule has 0 N–H and O–H groups in total. The summed E-state index contributed by atoms with van der Waals surface area (Å²) in [6.07, 6.45) is 2.82. The largest absolute Gasteiger partial charge is 0.339 e. The van der Waals surface area contributed by atoms with Crippen LogP contribution < -0.4 is 0 Å². The van der Waals surface area contributed by atoms with E-state index in [4.69, 9.17) is 11.6 Å². The van der Waals surface area contributed by atoms with Gasteiger partial charge in [-0.05, 0) is 12.8 Å². The Morgan fingerprint density at radius 3 is 3.00 bits per heavy atom. The topological polar surface area (TPSA) is 40.6 Å². The molecule has 1 unspecified atom stereocenters. The van der Waals surface area contributed by atoms with Crippen molar-refractivity contribution in [3.05, 3.63) is 0 Å². The van der Waals surface area contributed by atoms with Gasteiger partial charge in [0.15, 0.2) is 0 Å². The molecule has 1 atom stereocenters. The van der Waals surface area contributed by atoms with E-state index in [-0.39, 0.29) is 17.9 Å². The molecule has 2 aliphatic rings. The molecule has 2 saturated heterocycles. The first-order valence-electron chi connectivity index (χ1n) is 5.85. The molecule has 2 amide bonds. The quantitative estimate of drug-likeness (QED) is 0.691. The van der Waals surface area contributed by atoms with Gasteiger partial charge in [0, 0.05) is 44.4 Å². The molecule has 2 aliphatic heterocycles. The van der Waals surface area contributed by atoms with Gasteiger partial charge in [-0.15, -0.1) is 11.6 Å². The number of hydrogen-bond acceptors (Lipinski definition) is 2. The van der Waals surface area contributed by atoms with Crippen LogP contribution in [0.1, 0.15) is 25.7 Å². The van der Waals surface area contributed by atoms with Crippen molar-refractivity contribution in [3.8, 4) is 0 Å². The van der Waals surface area contributed by atoms with Gasteiger partial charge in [0.05, 0.1) is 0 Å². The summed E-state index contributed by atoms with van der Waals surface area (Å²) in [5.74, 6) is 0.964. The van der Waals surface area contributed by atoms with Crippen LogP contribution >= 0.6 is 11.6 Å². The lowest BCUT2D eigenvalue weighted by Crippen LogP contribution is -2.53. The Labute approximate surface area is 101 Å². The second-order valence-electron chi connectivity index (χ2n) is 4.41. The standard InChI is InChI=1S/C11H17ClN2O2/c12-5-1-2-10(15)13-6-7-14-9(8-13)3-4-11(14)16/h9H,1-8H2. The Kier molecular flexibility index (Phi) is 3.69. The maximum Gasteiger partial charge on any atom is 0.223 e. The van der Waals surface area contributed by atoms with Crippen LogP contribution in [0, 0.1) is 0 Å². The van der Waals surface area contributed by atoms with Gasteiger partial charge in [0.2, 0.25) is 11.8 Å². The first kappa shape index (κ1) is 11.7. The maximum absolute atomic E-state index is 11.8. The lowest BCUT2D eigenvalue weighted by molar-refractivity contribution is -0.139. The van der Waals surface area contributed by atoms with Crippen molar-refractivity contribution in [1.29, 1.82) is 0 Å². The van der Waals surface area contributed by atoms with Crippen molar-refractivity contribution >= 4 is 23.4 Å².